The number of hydrogen-bond acceptors (Lipinski definition) is 3. The SMILES string of the molecule is Cc1nn(-c2ccc(F)cc2)c(C)c1C(=O)N1CCN(C(=O)C(C)(C)C)CC1. The second-order valence-electron chi connectivity index (χ2n) is 8.27. The molecule has 28 heavy (non-hydrogen) atoms. The van der Waals surface area contributed by atoms with E-state index in [9.17, 15) is 14.0 Å². The fourth-order valence-electron chi connectivity index (χ4n) is 3.53. The van der Waals surface area contributed by atoms with Crippen LogP contribution in [-0.4, -0.2) is 57.6 Å². The summed E-state index contributed by atoms with van der Waals surface area (Å²) in [6.07, 6.45) is 0. The molecular weight excluding hydrogens is 359 g/mol. The van der Waals surface area contributed by atoms with Gasteiger partial charge in [0.2, 0.25) is 5.91 Å². The van der Waals surface area contributed by atoms with Gasteiger partial charge in [0, 0.05) is 31.6 Å². The summed E-state index contributed by atoms with van der Waals surface area (Å²) in [5.41, 5.74) is 2.22. The second-order valence-corrected chi connectivity index (χ2v) is 8.27. The van der Waals surface area contributed by atoms with Crippen LogP contribution < -0.4 is 0 Å². The molecule has 2 heterocycles. The topological polar surface area (TPSA) is 58.4 Å². The first-order chi connectivity index (χ1) is 13.1. The number of carbonyl (C=O) groups is 2. The molecule has 1 fully saturated rings. The molecule has 0 atom stereocenters. The Labute approximate surface area is 164 Å². The summed E-state index contributed by atoms with van der Waals surface area (Å²) >= 11 is 0. The monoisotopic (exact) mass is 386 g/mol. The van der Waals surface area contributed by atoms with Crippen LogP contribution in [0.3, 0.4) is 0 Å². The average Bonchev–Trinajstić information content (AvgIpc) is 2.95. The largest absolute Gasteiger partial charge is 0.339 e. The zero-order valence-electron chi connectivity index (χ0n) is 17.1. The van der Waals surface area contributed by atoms with Crippen LogP contribution in [0.2, 0.25) is 0 Å². The lowest BCUT2D eigenvalue weighted by atomic mass is 9.94. The highest BCUT2D eigenvalue weighted by molar-refractivity contribution is 5.96. The third kappa shape index (κ3) is 3.79. The smallest absolute Gasteiger partial charge is 0.257 e. The van der Waals surface area contributed by atoms with Crippen molar-refractivity contribution >= 4 is 11.8 Å². The van der Waals surface area contributed by atoms with E-state index in [2.05, 4.69) is 5.10 Å². The number of rotatable bonds is 2. The Morgan fingerprint density at radius 2 is 1.50 bits per heavy atom. The van der Waals surface area contributed by atoms with Gasteiger partial charge in [-0.15, -0.1) is 0 Å². The van der Waals surface area contributed by atoms with Crippen LogP contribution in [-0.2, 0) is 4.79 Å². The van der Waals surface area contributed by atoms with Gasteiger partial charge in [-0.3, -0.25) is 9.59 Å². The summed E-state index contributed by atoms with van der Waals surface area (Å²) in [5, 5.41) is 4.48. The van der Waals surface area contributed by atoms with E-state index in [4.69, 9.17) is 0 Å². The summed E-state index contributed by atoms with van der Waals surface area (Å²) in [6, 6.07) is 6.03. The number of piperazine rings is 1. The lowest BCUT2D eigenvalue weighted by Gasteiger charge is -2.37. The first-order valence-electron chi connectivity index (χ1n) is 9.50. The molecule has 0 N–H and O–H groups in total. The molecular formula is C21H27FN4O2. The Kier molecular flexibility index (Phi) is 5.28. The van der Waals surface area contributed by atoms with E-state index in [1.807, 2.05) is 32.6 Å². The van der Waals surface area contributed by atoms with Crippen LogP contribution in [0.15, 0.2) is 24.3 Å². The van der Waals surface area contributed by atoms with E-state index in [0.29, 0.717) is 43.1 Å². The van der Waals surface area contributed by atoms with E-state index in [0.717, 1.165) is 5.69 Å². The minimum Gasteiger partial charge on any atom is -0.339 e. The first kappa shape index (κ1) is 20.0. The Morgan fingerprint density at radius 3 is 2.04 bits per heavy atom. The first-order valence-corrected chi connectivity index (χ1v) is 9.50. The van der Waals surface area contributed by atoms with Gasteiger partial charge in [-0.2, -0.15) is 5.10 Å². The molecule has 150 valence electrons. The molecule has 3 rings (SSSR count). The van der Waals surface area contributed by atoms with Crippen molar-refractivity contribution < 1.29 is 14.0 Å². The molecule has 1 aliphatic heterocycles. The standard InChI is InChI=1S/C21H27FN4O2/c1-14-18(15(2)26(23-14)17-8-6-16(22)7-9-17)19(27)24-10-12-25(13-11-24)20(28)21(3,4)5/h6-9H,10-13H2,1-5H3. The van der Waals surface area contributed by atoms with Crippen molar-refractivity contribution in [2.24, 2.45) is 5.41 Å². The quantitative estimate of drug-likeness (QED) is 0.797. The number of nitrogens with zero attached hydrogens (tertiary/aromatic N) is 4. The normalized spacial score (nSPS) is 15.1. The number of carbonyl (C=O) groups excluding carboxylic acids is 2. The molecule has 0 unspecified atom stereocenters. The van der Waals surface area contributed by atoms with Gasteiger partial charge in [0.25, 0.3) is 5.91 Å². The van der Waals surface area contributed by atoms with E-state index >= 15 is 0 Å². The molecule has 0 spiro atoms. The number of amides is 2. The molecule has 0 saturated carbocycles. The summed E-state index contributed by atoms with van der Waals surface area (Å²) in [7, 11) is 0. The Balaban J connectivity index is 1.77. The van der Waals surface area contributed by atoms with Gasteiger partial charge >= 0.3 is 0 Å². The minimum atomic E-state index is -0.421. The molecule has 0 bridgehead atoms. The highest BCUT2D eigenvalue weighted by Crippen LogP contribution is 2.22. The van der Waals surface area contributed by atoms with Crippen LogP contribution in [0.1, 0.15) is 42.5 Å². The summed E-state index contributed by atoms with van der Waals surface area (Å²) in [4.78, 5) is 29.2. The lowest BCUT2D eigenvalue weighted by molar-refractivity contribution is -0.140. The van der Waals surface area contributed by atoms with E-state index in [1.54, 1.807) is 28.6 Å². The number of aromatic nitrogens is 2. The molecule has 7 heteroatoms. The highest BCUT2D eigenvalue weighted by Gasteiger charge is 2.32. The Hall–Kier alpha value is -2.70. The molecule has 2 amide bonds. The summed E-state index contributed by atoms with van der Waals surface area (Å²) in [5.74, 6) is -0.286. The van der Waals surface area contributed by atoms with Crippen LogP contribution in [0.25, 0.3) is 5.69 Å². The Bertz CT molecular complexity index is 888. The Morgan fingerprint density at radius 1 is 0.964 bits per heavy atom. The maximum absolute atomic E-state index is 13.2. The highest BCUT2D eigenvalue weighted by atomic mass is 19.1. The van der Waals surface area contributed by atoms with Crippen LogP contribution >= 0.6 is 0 Å². The fourth-order valence-corrected chi connectivity index (χ4v) is 3.53. The van der Waals surface area contributed by atoms with Crippen molar-refractivity contribution in [3.8, 4) is 5.69 Å². The maximum Gasteiger partial charge on any atom is 0.257 e. The van der Waals surface area contributed by atoms with E-state index in [1.165, 1.54) is 12.1 Å². The number of benzene rings is 1. The molecule has 0 radical (unpaired) electrons. The molecule has 1 saturated heterocycles. The maximum atomic E-state index is 13.2. The zero-order chi connectivity index (χ0) is 20.6. The number of halogens is 1. The molecule has 1 aromatic heterocycles. The van der Waals surface area contributed by atoms with E-state index in [-0.39, 0.29) is 17.6 Å². The molecule has 1 aromatic carbocycles. The van der Waals surface area contributed by atoms with Gasteiger partial charge in [0.15, 0.2) is 0 Å². The number of aryl methyl sites for hydroxylation is 1. The zero-order valence-corrected chi connectivity index (χ0v) is 17.1. The van der Waals surface area contributed by atoms with E-state index < -0.39 is 5.41 Å². The predicted molar refractivity (Wildman–Crippen MR) is 105 cm³/mol. The van der Waals surface area contributed by atoms with Crippen LogP contribution in [0.5, 0.6) is 0 Å². The predicted octanol–water partition coefficient (Wildman–Crippen LogP) is 2.96. The second kappa shape index (κ2) is 7.37. The van der Waals surface area contributed by atoms with Crippen molar-refractivity contribution in [1.82, 2.24) is 19.6 Å². The molecule has 2 aromatic rings. The molecule has 1 aliphatic rings. The van der Waals surface area contributed by atoms with Gasteiger partial charge in [-0.05, 0) is 38.1 Å². The minimum absolute atomic E-state index is 0.0776. The average molecular weight is 386 g/mol. The summed E-state index contributed by atoms with van der Waals surface area (Å²) < 4.78 is 14.9. The van der Waals surface area contributed by atoms with Crippen LogP contribution in [0, 0.1) is 25.1 Å². The van der Waals surface area contributed by atoms with Crippen molar-refractivity contribution in [2.75, 3.05) is 26.2 Å². The molecule has 0 aliphatic carbocycles. The van der Waals surface area contributed by atoms with Gasteiger partial charge < -0.3 is 9.80 Å². The third-order valence-corrected chi connectivity index (χ3v) is 5.07. The van der Waals surface area contributed by atoms with Gasteiger partial charge in [-0.25, -0.2) is 9.07 Å². The fraction of sp³-hybridized carbons (Fsp3) is 0.476. The van der Waals surface area contributed by atoms with Crippen molar-refractivity contribution in [2.45, 2.75) is 34.6 Å². The lowest BCUT2D eigenvalue weighted by Crippen LogP contribution is -2.53. The van der Waals surface area contributed by atoms with Gasteiger partial charge in [0.1, 0.15) is 5.82 Å². The van der Waals surface area contributed by atoms with Crippen LogP contribution in [0.4, 0.5) is 4.39 Å². The molecule has 6 nitrogen and oxygen atoms in total. The summed E-state index contributed by atoms with van der Waals surface area (Å²) in [6.45, 7) is 11.4. The number of hydrogen-bond donors (Lipinski definition) is 0. The van der Waals surface area contributed by atoms with Gasteiger partial charge in [-0.1, -0.05) is 20.8 Å². The van der Waals surface area contributed by atoms with Crippen molar-refractivity contribution in [3.63, 3.8) is 0 Å². The van der Waals surface area contributed by atoms with Crippen molar-refractivity contribution in [3.05, 3.63) is 47.0 Å². The van der Waals surface area contributed by atoms with Gasteiger partial charge in [0.05, 0.1) is 22.6 Å². The third-order valence-electron chi connectivity index (χ3n) is 5.07. The van der Waals surface area contributed by atoms with Crippen molar-refractivity contribution in [1.29, 1.82) is 0 Å².